The fraction of sp³-hybridized carbons (Fsp3) is 0. The first-order chi connectivity index (χ1) is 9.63. The Morgan fingerprint density at radius 3 is 2.70 bits per heavy atom. The van der Waals surface area contributed by atoms with Crippen LogP contribution in [0.1, 0.15) is 10.4 Å². The van der Waals surface area contributed by atoms with Crippen LogP contribution in [0.2, 0.25) is 0 Å². The summed E-state index contributed by atoms with van der Waals surface area (Å²) in [5.74, 6) is -0.661. The lowest BCUT2D eigenvalue weighted by atomic mass is 10.2. The molecule has 6 heteroatoms. The van der Waals surface area contributed by atoms with Crippen molar-refractivity contribution in [2.75, 3.05) is 5.32 Å². The molecule has 2 aromatic heterocycles. The highest BCUT2D eigenvalue weighted by Crippen LogP contribution is 2.17. The third-order valence-corrected chi connectivity index (χ3v) is 3.41. The molecule has 3 aromatic rings. The van der Waals surface area contributed by atoms with Crippen LogP contribution in [0.3, 0.4) is 0 Å². The molecule has 0 aliphatic carbocycles. The van der Waals surface area contributed by atoms with E-state index in [2.05, 4.69) is 26.2 Å². The van der Waals surface area contributed by atoms with Gasteiger partial charge in [-0.15, -0.1) is 0 Å². The fourth-order valence-corrected chi connectivity index (χ4v) is 2.22. The van der Waals surface area contributed by atoms with Crippen LogP contribution in [0.15, 0.2) is 53.4 Å². The van der Waals surface area contributed by atoms with Crippen molar-refractivity contribution in [2.45, 2.75) is 0 Å². The molecular formula is C14H9BrFN3O. The van der Waals surface area contributed by atoms with Crippen LogP contribution in [-0.2, 0) is 0 Å². The van der Waals surface area contributed by atoms with Crippen LogP contribution in [0.25, 0.3) is 5.65 Å². The second-order valence-corrected chi connectivity index (χ2v) is 5.00. The van der Waals surface area contributed by atoms with Gasteiger partial charge in [-0.3, -0.25) is 9.20 Å². The van der Waals surface area contributed by atoms with E-state index in [0.717, 1.165) is 10.3 Å². The molecule has 1 aromatic carbocycles. The standard InChI is InChI=1S/C14H9BrFN3O/c15-12-7-17-13-6-5-11(8-19(12)13)18-14(20)9-1-3-10(16)4-2-9/h1-8H,(H,18,20). The van der Waals surface area contributed by atoms with Gasteiger partial charge >= 0.3 is 0 Å². The molecule has 1 amide bonds. The molecule has 0 spiro atoms. The minimum Gasteiger partial charge on any atom is -0.321 e. The molecule has 0 aliphatic heterocycles. The highest BCUT2D eigenvalue weighted by atomic mass is 79.9. The van der Waals surface area contributed by atoms with Gasteiger partial charge in [-0.1, -0.05) is 0 Å². The van der Waals surface area contributed by atoms with Crippen LogP contribution in [-0.4, -0.2) is 15.3 Å². The zero-order chi connectivity index (χ0) is 14.1. The maximum atomic E-state index is 12.8. The summed E-state index contributed by atoms with van der Waals surface area (Å²) in [6.45, 7) is 0. The first-order valence-electron chi connectivity index (χ1n) is 5.83. The highest BCUT2D eigenvalue weighted by Gasteiger charge is 2.07. The Labute approximate surface area is 122 Å². The number of fused-ring (bicyclic) bond motifs is 1. The Balaban J connectivity index is 1.86. The molecule has 20 heavy (non-hydrogen) atoms. The van der Waals surface area contributed by atoms with Crippen molar-refractivity contribution in [3.63, 3.8) is 0 Å². The number of nitrogens with one attached hydrogen (secondary N) is 1. The van der Waals surface area contributed by atoms with Gasteiger partial charge in [-0.05, 0) is 52.3 Å². The summed E-state index contributed by atoms with van der Waals surface area (Å²) in [5, 5.41) is 2.76. The average Bonchev–Trinajstić information content (AvgIpc) is 2.81. The van der Waals surface area contributed by atoms with Gasteiger partial charge in [0.15, 0.2) is 0 Å². The third-order valence-electron chi connectivity index (χ3n) is 2.82. The number of carbonyl (C=O) groups is 1. The molecule has 0 aliphatic rings. The number of amides is 1. The van der Waals surface area contributed by atoms with Crippen LogP contribution >= 0.6 is 15.9 Å². The van der Waals surface area contributed by atoms with Crippen molar-refractivity contribution in [2.24, 2.45) is 0 Å². The highest BCUT2D eigenvalue weighted by molar-refractivity contribution is 9.10. The molecule has 0 atom stereocenters. The van der Waals surface area contributed by atoms with Gasteiger partial charge in [0, 0.05) is 11.8 Å². The minimum absolute atomic E-state index is 0.291. The average molecular weight is 334 g/mol. The second-order valence-electron chi connectivity index (χ2n) is 4.19. The van der Waals surface area contributed by atoms with Gasteiger partial charge in [0.1, 0.15) is 16.1 Å². The molecule has 0 saturated heterocycles. The number of hydrogen-bond acceptors (Lipinski definition) is 2. The second kappa shape index (κ2) is 5.05. The first-order valence-corrected chi connectivity index (χ1v) is 6.62. The van der Waals surface area contributed by atoms with E-state index in [1.165, 1.54) is 24.3 Å². The van der Waals surface area contributed by atoms with Gasteiger partial charge in [0.2, 0.25) is 0 Å². The number of benzene rings is 1. The van der Waals surface area contributed by atoms with Crippen molar-refractivity contribution in [1.29, 1.82) is 0 Å². The van der Waals surface area contributed by atoms with E-state index < -0.39 is 0 Å². The van der Waals surface area contributed by atoms with E-state index in [0.29, 0.717) is 11.3 Å². The summed E-state index contributed by atoms with van der Waals surface area (Å²) in [7, 11) is 0. The molecule has 3 rings (SSSR count). The molecule has 0 saturated carbocycles. The fourth-order valence-electron chi connectivity index (χ4n) is 1.83. The number of rotatable bonds is 2. The lowest BCUT2D eigenvalue weighted by molar-refractivity contribution is 0.102. The number of aromatic nitrogens is 2. The predicted molar refractivity (Wildman–Crippen MR) is 77.2 cm³/mol. The van der Waals surface area contributed by atoms with E-state index >= 15 is 0 Å². The van der Waals surface area contributed by atoms with Crippen molar-refractivity contribution in [3.05, 3.63) is 64.8 Å². The number of nitrogens with zero attached hydrogens (tertiary/aromatic N) is 2. The number of anilines is 1. The van der Waals surface area contributed by atoms with E-state index in [1.807, 2.05) is 0 Å². The van der Waals surface area contributed by atoms with Crippen molar-refractivity contribution in [1.82, 2.24) is 9.38 Å². The Morgan fingerprint density at radius 1 is 1.20 bits per heavy atom. The third kappa shape index (κ3) is 2.42. The summed E-state index contributed by atoms with van der Waals surface area (Å²) >= 11 is 3.37. The molecule has 2 heterocycles. The van der Waals surface area contributed by atoms with E-state index in [1.54, 1.807) is 28.9 Å². The van der Waals surface area contributed by atoms with Crippen molar-refractivity contribution >= 4 is 33.2 Å². The van der Waals surface area contributed by atoms with Gasteiger partial charge < -0.3 is 5.32 Å². The number of hydrogen-bond donors (Lipinski definition) is 1. The summed E-state index contributed by atoms with van der Waals surface area (Å²) in [6, 6.07) is 8.95. The predicted octanol–water partition coefficient (Wildman–Crippen LogP) is 3.49. The maximum Gasteiger partial charge on any atom is 0.255 e. The monoisotopic (exact) mass is 333 g/mol. The molecule has 0 radical (unpaired) electrons. The normalized spacial score (nSPS) is 10.7. The quantitative estimate of drug-likeness (QED) is 0.780. The van der Waals surface area contributed by atoms with Crippen molar-refractivity contribution < 1.29 is 9.18 Å². The van der Waals surface area contributed by atoms with Gasteiger partial charge in [-0.2, -0.15) is 0 Å². The number of pyridine rings is 1. The molecule has 4 nitrogen and oxygen atoms in total. The van der Waals surface area contributed by atoms with E-state index in [4.69, 9.17) is 0 Å². The Bertz CT molecular complexity index is 783. The minimum atomic E-state index is -0.370. The maximum absolute atomic E-state index is 12.8. The zero-order valence-corrected chi connectivity index (χ0v) is 11.8. The molecule has 100 valence electrons. The Morgan fingerprint density at radius 2 is 1.95 bits per heavy atom. The van der Waals surface area contributed by atoms with Crippen LogP contribution in [0, 0.1) is 5.82 Å². The summed E-state index contributed by atoms with van der Waals surface area (Å²) < 4.78 is 15.4. The summed E-state index contributed by atoms with van der Waals surface area (Å²) in [4.78, 5) is 16.2. The van der Waals surface area contributed by atoms with Gasteiger partial charge in [0.25, 0.3) is 5.91 Å². The number of carbonyl (C=O) groups excluding carboxylic acids is 1. The van der Waals surface area contributed by atoms with Gasteiger partial charge in [0.05, 0.1) is 11.9 Å². The summed E-state index contributed by atoms with van der Waals surface area (Å²) in [6.07, 6.45) is 3.44. The smallest absolute Gasteiger partial charge is 0.255 e. The largest absolute Gasteiger partial charge is 0.321 e. The molecule has 0 bridgehead atoms. The molecule has 0 fully saturated rings. The first kappa shape index (κ1) is 12.8. The van der Waals surface area contributed by atoms with E-state index in [9.17, 15) is 9.18 Å². The van der Waals surface area contributed by atoms with E-state index in [-0.39, 0.29) is 11.7 Å². The number of imidazole rings is 1. The van der Waals surface area contributed by atoms with Crippen LogP contribution in [0.5, 0.6) is 0 Å². The molecule has 1 N–H and O–H groups in total. The lowest BCUT2D eigenvalue weighted by Crippen LogP contribution is -2.12. The molecular weight excluding hydrogens is 325 g/mol. The SMILES string of the molecule is O=C(Nc1ccc2ncc(Br)n2c1)c1ccc(F)cc1. The zero-order valence-electron chi connectivity index (χ0n) is 10.2. The number of halogens is 2. The Hall–Kier alpha value is -2.21. The van der Waals surface area contributed by atoms with Crippen LogP contribution < -0.4 is 5.32 Å². The van der Waals surface area contributed by atoms with Crippen LogP contribution in [0.4, 0.5) is 10.1 Å². The topological polar surface area (TPSA) is 46.4 Å². The lowest BCUT2D eigenvalue weighted by Gasteiger charge is -2.06. The Kier molecular flexibility index (Phi) is 3.23. The van der Waals surface area contributed by atoms with Crippen molar-refractivity contribution in [3.8, 4) is 0 Å². The molecule has 0 unspecified atom stereocenters. The summed E-state index contributed by atoms with van der Waals surface area (Å²) in [5.41, 5.74) is 1.80. The van der Waals surface area contributed by atoms with Gasteiger partial charge in [-0.25, -0.2) is 9.37 Å².